The Morgan fingerprint density at radius 2 is 2.46 bits per heavy atom. The lowest BCUT2D eigenvalue weighted by molar-refractivity contribution is 0.118. The van der Waals surface area contributed by atoms with E-state index in [1.165, 1.54) is 0 Å². The zero-order valence-corrected chi connectivity index (χ0v) is 6.68. The lowest BCUT2D eigenvalue weighted by Crippen LogP contribution is -2.20. The second-order valence-corrected chi connectivity index (χ2v) is 2.43. The van der Waals surface area contributed by atoms with Crippen molar-refractivity contribution >= 4 is 5.82 Å². The van der Waals surface area contributed by atoms with Crippen molar-refractivity contribution in [3.05, 3.63) is 5.69 Å². The first-order valence-corrected chi connectivity index (χ1v) is 3.52. The third kappa shape index (κ3) is 1.91. The second kappa shape index (κ2) is 3.82. The molecule has 0 fully saturated rings. The molecule has 1 aromatic rings. The fraction of sp³-hybridized carbons (Fsp3) is 0.500. The Kier molecular flexibility index (Phi) is 2.76. The predicted octanol–water partition coefficient (Wildman–Crippen LogP) is -0.938. The Hall–Kier alpha value is -1.68. The van der Waals surface area contributed by atoms with E-state index in [-0.39, 0.29) is 18.1 Å². The third-order valence-electron chi connectivity index (χ3n) is 1.44. The Bertz CT molecular complexity index is 330. The lowest BCUT2D eigenvalue weighted by Gasteiger charge is -2.05. The number of nitriles is 1. The number of aromatic nitrogens is 3. The van der Waals surface area contributed by atoms with E-state index in [0.29, 0.717) is 0 Å². The number of rotatable bonds is 3. The first-order valence-electron chi connectivity index (χ1n) is 3.52. The number of alkyl halides is 1. The number of nitrogens with zero attached hydrogens (tertiary/aromatic N) is 4. The van der Waals surface area contributed by atoms with Gasteiger partial charge >= 0.3 is 0 Å². The summed E-state index contributed by atoms with van der Waals surface area (Å²) in [6, 6.07) is 1.71. The van der Waals surface area contributed by atoms with E-state index in [0.717, 1.165) is 4.68 Å². The van der Waals surface area contributed by atoms with Crippen LogP contribution in [-0.2, 0) is 6.54 Å². The van der Waals surface area contributed by atoms with Crippen LogP contribution in [0.4, 0.5) is 10.2 Å². The molecule has 0 amide bonds. The van der Waals surface area contributed by atoms with Gasteiger partial charge in [0.15, 0.2) is 5.82 Å². The molecule has 1 atom stereocenters. The summed E-state index contributed by atoms with van der Waals surface area (Å²) in [6.45, 7) is -0.988. The molecule has 0 aliphatic carbocycles. The quantitative estimate of drug-likeness (QED) is 0.633. The Morgan fingerprint density at radius 3 is 2.92 bits per heavy atom. The van der Waals surface area contributed by atoms with Crippen LogP contribution < -0.4 is 5.73 Å². The Labute approximate surface area is 73.4 Å². The smallest absolute Gasteiger partial charge is 0.206 e. The van der Waals surface area contributed by atoms with Gasteiger partial charge < -0.3 is 10.8 Å². The van der Waals surface area contributed by atoms with Crippen molar-refractivity contribution < 1.29 is 9.50 Å². The molecule has 0 spiro atoms. The van der Waals surface area contributed by atoms with Crippen LogP contribution in [-0.4, -0.2) is 32.9 Å². The van der Waals surface area contributed by atoms with Gasteiger partial charge in [0.1, 0.15) is 18.8 Å². The van der Waals surface area contributed by atoms with Crippen molar-refractivity contribution in [3.8, 4) is 6.07 Å². The maximum Gasteiger partial charge on any atom is 0.206 e. The molecule has 7 heteroatoms. The molecule has 6 nitrogen and oxygen atoms in total. The van der Waals surface area contributed by atoms with E-state index in [9.17, 15) is 4.39 Å². The zero-order valence-electron chi connectivity index (χ0n) is 6.68. The molecule has 0 aromatic carbocycles. The highest BCUT2D eigenvalue weighted by Crippen LogP contribution is 2.06. The van der Waals surface area contributed by atoms with Gasteiger partial charge in [-0.05, 0) is 0 Å². The molecule has 0 radical (unpaired) electrons. The highest BCUT2D eigenvalue weighted by atomic mass is 19.1. The van der Waals surface area contributed by atoms with Crippen molar-refractivity contribution in [2.45, 2.75) is 12.6 Å². The van der Waals surface area contributed by atoms with Crippen molar-refractivity contribution in [1.82, 2.24) is 15.0 Å². The van der Waals surface area contributed by atoms with Gasteiger partial charge in [-0.1, -0.05) is 5.21 Å². The molecule has 0 aliphatic heterocycles. The SMILES string of the molecule is N#Cc1nnn(CC(O)CF)c1N. The van der Waals surface area contributed by atoms with Crippen molar-refractivity contribution in [1.29, 1.82) is 5.26 Å². The van der Waals surface area contributed by atoms with Gasteiger partial charge in [-0.25, -0.2) is 9.07 Å². The van der Waals surface area contributed by atoms with Crippen molar-refractivity contribution in [2.24, 2.45) is 0 Å². The predicted molar refractivity (Wildman–Crippen MR) is 41.1 cm³/mol. The number of nitrogen functional groups attached to an aromatic ring is 1. The third-order valence-corrected chi connectivity index (χ3v) is 1.44. The van der Waals surface area contributed by atoms with Crippen LogP contribution in [0, 0.1) is 11.3 Å². The van der Waals surface area contributed by atoms with E-state index in [1.807, 2.05) is 0 Å². The van der Waals surface area contributed by atoms with E-state index in [4.69, 9.17) is 16.1 Å². The fourth-order valence-corrected chi connectivity index (χ4v) is 0.783. The van der Waals surface area contributed by atoms with Crippen molar-refractivity contribution in [3.63, 3.8) is 0 Å². The summed E-state index contributed by atoms with van der Waals surface area (Å²) in [5.74, 6) is 0.0370. The Morgan fingerprint density at radius 1 is 1.77 bits per heavy atom. The van der Waals surface area contributed by atoms with Gasteiger partial charge in [0.05, 0.1) is 6.54 Å². The molecule has 0 aliphatic rings. The van der Waals surface area contributed by atoms with Gasteiger partial charge in [0, 0.05) is 0 Å². The summed E-state index contributed by atoms with van der Waals surface area (Å²) in [5.41, 5.74) is 5.38. The monoisotopic (exact) mass is 185 g/mol. The number of hydrogen-bond acceptors (Lipinski definition) is 5. The minimum atomic E-state index is -1.17. The summed E-state index contributed by atoms with van der Waals surface area (Å²) in [6.07, 6.45) is -1.17. The molecule has 0 saturated carbocycles. The highest BCUT2D eigenvalue weighted by molar-refractivity contribution is 5.42. The largest absolute Gasteiger partial charge is 0.388 e. The average Bonchev–Trinajstić information content (AvgIpc) is 2.48. The molecular formula is C6H8FN5O. The molecule has 0 saturated heterocycles. The number of aliphatic hydroxyl groups is 1. The van der Waals surface area contributed by atoms with Crippen LogP contribution in [0.1, 0.15) is 5.69 Å². The van der Waals surface area contributed by atoms with Crippen LogP contribution in [0.3, 0.4) is 0 Å². The van der Waals surface area contributed by atoms with Crippen molar-refractivity contribution in [2.75, 3.05) is 12.4 Å². The van der Waals surface area contributed by atoms with Crippen LogP contribution in [0.2, 0.25) is 0 Å². The lowest BCUT2D eigenvalue weighted by atomic mass is 10.4. The number of aliphatic hydroxyl groups excluding tert-OH is 1. The molecule has 13 heavy (non-hydrogen) atoms. The van der Waals surface area contributed by atoms with E-state index in [2.05, 4.69) is 10.3 Å². The van der Waals surface area contributed by atoms with E-state index < -0.39 is 12.8 Å². The first kappa shape index (κ1) is 9.41. The number of nitrogens with two attached hydrogens (primary N) is 1. The average molecular weight is 185 g/mol. The summed E-state index contributed by atoms with van der Waals surface area (Å²) >= 11 is 0. The fourth-order valence-electron chi connectivity index (χ4n) is 0.783. The van der Waals surface area contributed by atoms with E-state index in [1.54, 1.807) is 6.07 Å². The maximum absolute atomic E-state index is 11.9. The van der Waals surface area contributed by atoms with Gasteiger partial charge in [-0.15, -0.1) is 5.10 Å². The minimum absolute atomic E-state index is 0.0222. The summed E-state index contributed by atoms with van der Waals surface area (Å²) in [7, 11) is 0. The standard InChI is InChI=1S/C6H8FN5O/c7-1-4(13)3-12-6(9)5(2-8)10-11-12/h4,13H,1,3,9H2. The first-order chi connectivity index (χ1) is 6.19. The molecule has 3 N–H and O–H groups in total. The molecule has 1 unspecified atom stereocenters. The number of halogens is 1. The minimum Gasteiger partial charge on any atom is -0.388 e. The normalized spacial score (nSPS) is 12.4. The molecule has 1 heterocycles. The van der Waals surface area contributed by atoms with Crippen LogP contribution >= 0.6 is 0 Å². The van der Waals surface area contributed by atoms with Gasteiger partial charge in [0.25, 0.3) is 0 Å². The van der Waals surface area contributed by atoms with Crippen LogP contribution in [0.15, 0.2) is 0 Å². The topological polar surface area (TPSA) is 101 Å². The van der Waals surface area contributed by atoms with Gasteiger partial charge in [0.2, 0.25) is 5.69 Å². The molecular weight excluding hydrogens is 177 g/mol. The molecule has 0 bridgehead atoms. The maximum atomic E-state index is 11.9. The summed E-state index contributed by atoms with van der Waals surface area (Å²) < 4.78 is 13.0. The summed E-state index contributed by atoms with van der Waals surface area (Å²) in [5, 5.41) is 24.2. The van der Waals surface area contributed by atoms with E-state index >= 15 is 0 Å². The van der Waals surface area contributed by atoms with Gasteiger partial charge in [-0.3, -0.25) is 0 Å². The number of hydrogen-bond donors (Lipinski definition) is 2. The summed E-state index contributed by atoms with van der Waals surface area (Å²) in [4.78, 5) is 0. The highest BCUT2D eigenvalue weighted by Gasteiger charge is 2.12. The molecule has 1 aromatic heterocycles. The van der Waals surface area contributed by atoms with Crippen LogP contribution in [0.5, 0.6) is 0 Å². The molecule has 1 rings (SSSR count). The van der Waals surface area contributed by atoms with Gasteiger partial charge in [-0.2, -0.15) is 5.26 Å². The van der Waals surface area contributed by atoms with Crippen LogP contribution in [0.25, 0.3) is 0 Å². The second-order valence-electron chi connectivity index (χ2n) is 2.43. The number of anilines is 1. The Balaban J connectivity index is 2.79. The molecule has 70 valence electrons. The zero-order chi connectivity index (χ0) is 9.84.